The minimum atomic E-state index is -3.81. The monoisotopic (exact) mass is 371 g/mol. The second-order valence-electron chi connectivity index (χ2n) is 6.12. The summed E-state index contributed by atoms with van der Waals surface area (Å²) in [4.78, 5) is 14.4. The number of carbonyl (C=O) groups is 1. The van der Waals surface area contributed by atoms with Crippen molar-refractivity contribution in [2.45, 2.75) is 31.6 Å². The predicted molar refractivity (Wildman–Crippen MR) is 103 cm³/mol. The fraction of sp³-hybridized carbons (Fsp3) is 0.263. The van der Waals surface area contributed by atoms with Gasteiger partial charge in [0.1, 0.15) is 10.7 Å². The summed E-state index contributed by atoms with van der Waals surface area (Å²) >= 11 is 0. The van der Waals surface area contributed by atoms with Gasteiger partial charge in [-0.3, -0.25) is 4.79 Å². The van der Waals surface area contributed by atoms with E-state index in [9.17, 15) is 13.2 Å². The minimum absolute atomic E-state index is 0.0694. The molecular weight excluding hydrogens is 350 g/mol. The molecular formula is C19H21N3O3S. The number of hydrogen-bond acceptors (Lipinski definition) is 4. The van der Waals surface area contributed by atoms with Crippen molar-refractivity contribution in [3.63, 3.8) is 0 Å². The molecule has 2 aromatic rings. The first-order chi connectivity index (χ1) is 12.4. The summed E-state index contributed by atoms with van der Waals surface area (Å²) in [7, 11) is -3.81. The van der Waals surface area contributed by atoms with Crippen molar-refractivity contribution < 1.29 is 13.2 Å². The highest BCUT2D eigenvalue weighted by Gasteiger charge is 2.29. The first kappa shape index (κ1) is 18.1. The van der Waals surface area contributed by atoms with Gasteiger partial charge in [-0.2, -0.15) is 8.42 Å². The van der Waals surface area contributed by atoms with Crippen molar-refractivity contribution in [1.82, 2.24) is 0 Å². The lowest BCUT2D eigenvalue weighted by Crippen LogP contribution is -2.34. The minimum Gasteiger partial charge on any atom is -0.328 e. The summed E-state index contributed by atoms with van der Waals surface area (Å²) in [5.74, 6) is 0.0908. The molecule has 136 valence electrons. The van der Waals surface area contributed by atoms with E-state index >= 15 is 0 Å². The summed E-state index contributed by atoms with van der Waals surface area (Å²) in [5.41, 5.74) is 1.50. The molecule has 7 heteroatoms. The molecule has 6 nitrogen and oxygen atoms in total. The molecule has 0 fully saturated rings. The van der Waals surface area contributed by atoms with Crippen molar-refractivity contribution >= 4 is 33.1 Å². The van der Waals surface area contributed by atoms with E-state index in [-0.39, 0.29) is 16.4 Å². The van der Waals surface area contributed by atoms with Gasteiger partial charge >= 0.3 is 0 Å². The highest BCUT2D eigenvalue weighted by Crippen LogP contribution is 2.33. The first-order valence-electron chi connectivity index (χ1n) is 8.52. The SMILES string of the molecule is CCCCN1C(C)=NS(=O)(=O)c2cc(C(=O)Nc3ccccc3)ccc21. The van der Waals surface area contributed by atoms with E-state index in [1.807, 2.05) is 23.1 Å². The number of fused-ring (bicyclic) bond motifs is 1. The molecule has 0 saturated carbocycles. The number of benzene rings is 2. The van der Waals surface area contributed by atoms with Crippen LogP contribution in [-0.2, 0) is 10.0 Å². The van der Waals surface area contributed by atoms with Crippen molar-refractivity contribution in [1.29, 1.82) is 0 Å². The Morgan fingerprint density at radius 2 is 1.88 bits per heavy atom. The molecule has 2 aromatic carbocycles. The zero-order valence-electron chi connectivity index (χ0n) is 14.8. The molecule has 1 amide bonds. The van der Waals surface area contributed by atoms with Crippen LogP contribution in [-0.4, -0.2) is 26.7 Å². The lowest BCUT2D eigenvalue weighted by Gasteiger charge is -2.29. The fourth-order valence-corrected chi connectivity index (χ4v) is 4.12. The zero-order valence-corrected chi connectivity index (χ0v) is 15.6. The molecule has 1 aliphatic heterocycles. The molecule has 1 N–H and O–H groups in total. The number of amidine groups is 1. The molecule has 1 aliphatic rings. The van der Waals surface area contributed by atoms with Crippen molar-refractivity contribution in [3.8, 4) is 0 Å². The number of unbranched alkanes of at least 4 members (excludes halogenated alkanes) is 1. The molecule has 26 heavy (non-hydrogen) atoms. The van der Waals surface area contributed by atoms with Crippen LogP contribution in [0.1, 0.15) is 37.0 Å². The van der Waals surface area contributed by atoms with Gasteiger partial charge in [0.15, 0.2) is 0 Å². The summed E-state index contributed by atoms with van der Waals surface area (Å²) in [6, 6.07) is 13.8. The lowest BCUT2D eigenvalue weighted by molar-refractivity contribution is 0.102. The number of amides is 1. The van der Waals surface area contributed by atoms with Crippen LogP contribution in [0.4, 0.5) is 11.4 Å². The van der Waals surface area contributed by atoms with Gasteiger partial charge in [-0.15, -0.1) is 4.40 Å². The summed E-state index contributed by atoms with van der Waals surface area (Å²) < 4.78 is 28.8. The topological polar surface area (TPSA) is 78.8 Å². The number of para-hydroxylation sites is 1. The third-order valence-corrected chi connectivity index (χ3v) is 5.59. The normalized spacial score (nSPS) is 15.2. The Morgan fingerprint density at radius 3 is 2.58 bits per heavy atom. The number of sulfonamides is 1. The molecule has 0 aromatic heterocycles. The van der Waals surface area contributed by atoms with E-state index in [1.165, 1.54) is 6.07 Å². The van der Waals surface area contributed by atoms with Crippen molar-refractivity contribution in [2.24, 2.45) is 4.40 Å². The van der Waals surface area contributed by atoms with Gasteiger partial charge in [0.05, 0.1) is 5.69 Å². The smallest absolute Gasteiger partial charge is 0.286 e. The molecule has 3 rings (SSSR count). The van der Waals surface area contributed by atoms with Crippen LogP contribution in [0.5, 0.6) is 0 Å². The molecule has 0 radical (unpaired) electrons. The average Bonchev–Trinajstić information content (AvgIpc) is 2.61. The maximum atomic E-state index is 12.5. The first-order valence-corrected chi connectivity index (χ1v) is 9.96. The van der Waals surface area contributed by atoms with E-state index in [0.29, 0.717) is 23.8 Å². The number of anilines is 2. The van der Waals surface area contributed by atoms with Gasteiger partial charge in [-0.1, -0.05) is 31.5 Å². The largest absolute Gasteiger partial charge is 0.328 e. The Balaban J connectivity index is 1.95. The van der Waals surface area contributed by atoms with Gasteiger partial charge in [-0.05, 0) is 43.7 Å². The van der Waals surface area contributed by atoms with E-state index in [4.69, 9.17) is 0 Å². The van der Waals surface area contributed by atoms with E-state index in [1.54, 1.807) is 31.2 Å². The maximum absolute atomic E-state index is 12.5. The zero-order chi connectivity index (χ0) is 18.7. The summed E-state index contributed by atoms with van der Waals surface area (Å²) in [6.07, 6.45) is 1.91. The second kappa shape index (κ2) is 7.29. The molecule has 0 aliphatic carbocycles. The second-order valence-corrected chi connectivity index (χ2v) is 7.69. The Morgan fingerprint density at radius 1 is 1.15 bits per heavy atom. The van der Waals surface area contributed by atoms with Gasteiger partial charge in [0.2, 0.25) is 0 Å². The van der Waals surface area contributed by atoms with Crippen LogP contribution in [0, 0.1) is 0 Å². The van der Waals surface area contributed by atoms with Crippen LogP contribution in [0.15, 0.2) is 57.8 Å². The number of nitrogens with zero attached hydrogens (tertiary/aromatic N) is 2. The lowest BCUT2D eigenvalue weighted by atomic mass is 10.1. The highest BCUT2D eigenvalue weighted by atomic mass is 32.2. The molecule has 1 heterocycles. The number of rotatable bonds is 5. The van der Waals surface area contributed by atoms with Gasteiger partial charge in [-0.25, -0.2) is 0 Å². The van der Waals surface area contributed by atoms with Crippen LogP contribution < -0.4 is 10.2 Å². The third kappa shape index (κ3) is 3.62. The van der Waals surface area contributed by atoms with Crippen LogP contribution in [0.25, 0.3) is 0 Å². The van der Waals surface area contributed by atoms with Crippen molar-refractivity contribution in [3.05, 3.63) is 54.1 Å². The Bertz CT molecular complexity index is 953. The Hall–Kier alpha value is -2.67. The van der Waals surface area contributed by atoms with Crippen LogP contribution in [0.3, 0.4) is 0 Å². The van der Waals surface area contributed by atoms with E-state index in [0.717, 1.165) is 12.8 Å². The van der Waals surface area contributed by atoms with Crippen molar-refractivity contribution in [2.75, 3.05) is 16.8 Å². The Kier molecular flexibility index (Phi) is 5.08. The number of nitrogens with one attached hydrogen (secondary N) is 1. The van der Waals surface area contributed by atoms with Gasteiger partial charge in [0, 0.05) is 17.8 Å². The van der Waals surface area contributed by atoms with Crippen LogP contribution in [0.2, 0.25) is 0 Å². The van der Waals surface area contributed by atoms with E-state index in [2.05, 4.69) is 16.6 Å². The van der Waals surface area contributed by atoms with E-state index < -0.39 is 10.0 Å². The highest BCUT2D eigenvalue weighted by molar-refractivity contribution is 7.90. The predicted octanol–water partition coefficient (Wildman–Crippen LogP) is 3.67. The number of carbonyl (C=O) groups excluding carboxylic acids is 1. The van der Waals surface area contributed by atoms with Gasteiger partial charge in [0.25, 0.3) is 15.9 Å². The molecule has 0 atom stereocenters. The maximum Gasteiger partial charge on any atom is 0.286 e. The molecule has 0 unspecified atom stereocenters. The molecule has 0 saturated heterocycles. The third-order valence-electron chi connectivity index (χ3n) is 4.20. The standard InChI is InChI=1S/C19H21N3O3S/c1-3-4-12-22-14(2)21-26(24,25)18-13-15(10-11-17(18)22)19(23)20-16-8-6-5-7-9-16/h5-11,13H,3-4,12H2,1-2H3,(H,20,23). The van der Waals surface area contributed by atoms with Crippen LogP contribution >= 0.6 is 0 Å². The number of hydrogen-bond donors (Lipinski definition) is 1. The summed E-state index contributed by atoms with van der Waals surface area (Å²) in [6.45, 7) is 4.45. The summed E-state index contributed by atoms with van der Waals surface area (Å²) in [5, 5.41) is 2.76. The Labute approximate surface area is 153 Å². The fourth-order valence-electron chi connectivity index (χ4n) is 2.85. The quantitative estimate of drug-likeness (QED) is 0.870. The van der Waals surface area contributed by atoms with Gasteiger partial charge < -0.3 is 10.2 Å². The molecule has 0 spiro atoms. The molecule has 0 bridgehead atoms. The average molecular weight is 371 g/mol.